The fourth-order valence-electron chi connectivity index (χ4n) is 1.44. The summed E-state index contributed by atoms with van der Waals surface area (Å²) >= 11 is 0. The molecule has 0 bridgehead atoms. The van der Waals surface area contributed by atoms with Crippen LogP contribution in [0.1, 0.15) is 24.1 Å². The lowest BCUT2D eigenvalue weighted by Crippen LogP contribution is -2.19. The number of aromatic nitrogens is 2. The summed E-state index contributed by atoms with van der Waals surface area (Å²) in [7, 11) is -3.88. The third-order valence-corrected chi connectivity index (χ3v) is 3.38. The van der Waals surface area contributed by atoms with Crippen LogP contribution in [0.3, 0.4) is 0 Å². The van der Waals surface area contributed by atoms with Gasteiger partial charge >= 0.3 is 6.18 Å². The van der Waals surface area contributed by atoms with E-state index in [-0.39, 0.29) is 12.8 Å². The molecule has 0 aliphatic heterocycles. The molecular weight excluding hydrogens is 276 g/mol. The van der Waals surface area contributed by atoms with Gasteiger partial charge in [-0.05, 0) is 12.8 Å². The van der Waals surface area contributed by atoms with Gasteiger partial charge in [-0.25, -0.2) is 22.8 Å². The molecule has 0 N–H and O–H groups in total. The Morgan fingerprint density at radius 1 is 1.33 bits per heavy atom. The highest BCUT2D eigenvalue weighted by atomic mass is 32.2. The second-order valence-corrected chi connectivity index (χ2v) is 6.06. The van der Waals surface area contributed by atoms with Crippen LogP contribution in [0.2, 0.25) is 0 Å². The van der Waals surface area contributed by atoms with Crippen LogP contribution in [-0.2, 0) is 21.7 Å². The Balaban J connectivity index is 2.64. The Morgan fingerprint density at radius 2 is 1.89 bits per heavy atom. The van der Waals surface area contributed by atoms with Crippen LogP contribution in [0.25, 0.3) is 0 Å². The number of alkyl halides is 4. The van der Waals surface area contributed by atoms with Crippen LogP contribution in [0.5, 0.6) is 0 Å². The van der Waals surface area contributed by atoms with Gasteiger partial charge in [0.2, 0.25) is 15.0 Å². The molecule has 0 unspecified atom stereocenters. The first kappa shape index (κ1) is 13.2. The van der Waals surface area contributed by atoms with Crippen molar-refractivity contribution in [1.29, 1.82) is 0 Å². The highest BCUT2D eigenvalue weighted by Gasteiger charge is 2.52. The monoisotopic (exact) mass is 284 g/mol. The molecule has 1 saturated carbocycles. The molecule has 18 heavy (non-hydrogen) atoms. The lowest BCUT2D eigenvalue weighted by Gasteiger charge is -2.14. The highest BCUT2D eigenvalue weighted by Crippen LogP contribution is 2.52. The summed E-state index contributed by atoms with van der Waals surface area (Å²) in [5, 5.41) is -0.797. The third kappa shape index (κ3) is 2.31. The molecule has 4 nitrogen and oxygen atoms in total. The molecule has 1 fully saturated rings. The van der Waals surface area contributed by atoms with Gasteiger partial charge in [0.25, 0.3) is 0 Å². The van der Waals surface area contributed by atoms with E-state index in [4.69, 9.17) is 0 Å². The molecule has 100 valence electrons. The second-order valence-electron chi connectivity index (χ2n) is 4.15. The third-order valence-electron chi connectivity index (χ3n) is 2.52. The molecule has 0 saturated heterocycles. The van der Waals surface area contributed by atoms with Crippen molar-refractivity contribution in [3.8, 4) is 0 Å². The Morgan fingerprint density at radius 3 is 2.28 bits per heavy atom. The summed E-state index contributed by atoms with van der Waals surface area (Å²) < 4.78 is 74.1. The predicted octanol–water partition coefficient (Wildman–Crippen LogP) is 1.86. The van der Waals surface area contributed by atoms with Crippen molar-refractivity contribution in [2.75, 3.05) is 6.26 Å². The van der Waals surface area contributed by atoms with Gasteiger partial charge in [0.1, 0.15) is 0 Å². The minimum Gasteiger partial charge on any atom is -0.237 e. The van der Waals surface area contributed by atoms with Crippen LogP contribution in [0, 0.1) is 0 Å². The summed E-state index contributed by atoms with van der Waals surface area (Å²) in [5.74, 6) is 0. The largest absolute Gasteiger partial charge is 0.419 e. The maximum Gasteiger partial charge on any atom is 0.419 e. The topological polar surface area (TPSA) is 59.9 Å². The first-order valence-electron chi connectivity index (χ1n) is 4.88. The van der Waals surface area contributed by atoms with E-state index in [2.05, 4.69) is 9.97 Å². The molecule has 1 aliphatic rings. The number of halogens is 4. The minimum atomic E-state index is -4.81. The van der Waals surface area contributed by atoms with Gasteiger partial charge in [0.15, 0.2) is 5.67 Å². The fourth-order valence-corrected chi connectivity index (χ4v) is 1.94. The first-order valence-corrected chi connectivity index (χ1v) is 6.77. The average molecular weight is 284 g/mol. The quantitative estimate of drug-likeness (QED) is 0.614. The van der Waals surface area contributed by atoms with Gasteiger partial charge in [0.05, 0.1) is 11.3 Å². The molecule has 0 spiro atoms. The molecule has 1 aromatic heterocycles. The number of rotatable bonds is 2. The van der Waals surface area contributed by atoms with Gasteiger partial charge in [-0.3, -0.25) is 0 Å². The Kier molecular flexibility index (Phi) is 2.66. The van der Waals surface area contributed by atoms with Gasteiger partial charge in [0, 0.05) is 12.5 Å². The van der Waals surface area contributed by atoms with E-state index in [9.17, 15) is 26.0 Å². The second kappa shape index (κ2) is 3.62. The van der Waals surface area contributed by atoms with Crippen molar-refractivity contribution in [2.45, 2.75) is 29.8 Å². The van der Waals surface area contributed by atoms with Crippen molar-refractivity contribution in [1.82, 2.24) is 9.97 Å². The van der Waals surface area contributed by atoms with Crippen molar-refractivity contribution in [2.24, 2.45) is 0 Å². The van der Waals surface area contributed by atoms with E-state index >= 15 is 0 Å². The summed E-state index contributed by atoms with van der Waals surface area (Å²) in [4.78, 5) is 6.38. The van der Waals surface area contributed by atoms with Crippen LogP contribution < -0.4 is 0 Å². The van der Waals surface area contributed by atoms with Crippen LogP contribution in [-0.4, -0.2) is 24.6 Å². The van der Waals surface area contributed by atoms with Crippen molar-refractivity contribution >= 4 is 9.84 Å². The highest BCUT2D eigenvalue weighted by molar-refractivity contribution is 7.90. The zero-order valence-electron chi connectivity index (χ0n) is 9.12. The molecule has 9 heteroatoms. The summed E-state index contributed by atoms with van der Waals surface area (Å²) in [6.07, 6.45) is -3.95. The van der Waals surface area contributed by atoms with Crippen LogP contribution in [0.15, 0.2) is 11.4 Å². The molecule has 0 amide bonds. The normalized spacial score (nSPS) is 18.7. The molecule has 1 aliphatic carbocycles. The zero-order chi connectivity index (χ0) is 13.8. The number of nitrogens with zero attached hydrogens (tertiary/aromatic N) is 2. The summed E-state index contributed by atoms with van der Waals surface area (Å²) in [6.45, 7) is 0. The van der Waals surface area contributed by atoms with E-state index in [1.807, 2.05) is 0 Å². The fraction of sp³-hybridized carbons (Fsp3) is 0.556. The van der Waals surface area contributed by atoms with E-state index in [0.29, 0.717) is 6.20 Å². The van der Waals surface area contributed by atoms with Gasteiger partial charge in [-0.15, -0.1) is 0 Å². The van der Waals surface area contributed by atoms with E-state index in [1.165, 1.54) is 0 Å². The lowest BCUT2D eigenvalue weighted by molar-refractivity contribution is -0.139. The Bertz CT molecular complexity index is 593. The molecule has 0 aromatic carbocycles. The minimum absolute atomic E-state index is 0.101. The average Bonchev–Trinajstić information content (AvgIpc) is 2.94. The van der Waals surface area contributed by atoms with E-state index < -0.39 is 38.1 Å². The van der Waals surface area contributed by atoms with E-state index in [0.717, 1.165) is 6.26 Å². The standard InChI is InChI=1S/C9H8F4N2O2S/c1-18(16,17)7-14-4-5(9(11,12)13)6(15-7)8(10)2-3-8/h4H,2-3H2,1H3. The van der Waals surface area contributed by atoms with Crippen LogP contribution in [0.4, 0.5) is 17.6 Å². The smallest absolute Gasteiger partial charge is 0.237 e. The maximum atomic E-state index is 13.8. The molecule has 0 radical (unpaired) electrons. The number of hydrogen-bond acceptors (Lipinski definition) is 4. The van der Waals surface area contributed by atoms with Crippen molar-refractivity contribution in [3.63, 3.8) is 0 Å². The summed E-state index contributed by atoms with van der Waals surface area (Å²) in [6, 6.07) is 0. The van der Waals surface area contributed by atoms with Gasteiger partial charge < -0.3 is 0 Å². The first-order chi connectivity index (χ1) is 8.04. The Hall–Kier alpha value is -1.25. The van der Waals surface area contributed by atoms with Crippen molar-refractivity contribution in [3.05, 3.63) is 17.5 Å². The molecule has 0 atom stereocenters. The summed E-state index contributed by atoms with van der Waals surface area (Å²) in [5.41, 5.74) is -4.40. The number of sulfone groups is 1. The molecule has 1 aromatic rings. The number of hydrogen-bond donors (Lipinski definition) is 0. The molecular formula is C9H8F4N2O2S. The maximum absolute atomic E-state index is 13.8. The Labute approximate surface area is 100.0 Å². The van der Waals surface area contributed by atoms with Gasteiger partial charge in [-0.1, -0.05) is 0 Å². The predicted molar refractivity (Wildman–Crippen MR) is 52.2 cm³/mol. The molecule has 2 rings (SSSR count). The SMILES string of the molecule is CS(=O)(=O)c1ncc(C(F)(F)F)c(C2(F)CC2)n1. The van der Waals surface area contributed by atoms with Crippen LogP contribution >= 0.6 is 0 Å². The molecule has 1 heterocycles. The van der Waals surface area contributed by atoms with E-state index in [1.54, 1.807) is 0 Å². The zero-order valence-corrected chi connectivity index (χ0v) is 9.94. The lowest BCUT2D eigenvalue weighted by atomic mass is 10.1. The van der Waals surface area contributed by atoms with Crippen molar-refractivity contribution < 1.29 is 26.0 Å². The van der Waals surface area contributed by atoms with Gasteiger partial charge in [-0.2, -0.15) is 13.2 Å².